The van der Waals surface area contributed by atoms with Crippen molar-refractivity contribution in [2.24, 2.45) is 5.92 Å². The standard InChI is InChI=1S/C15H21NO3S/c1-3-12(8-15(18)19)9-16-14(17)10-20-13-7-5-4-6-11(13)2/h4-7,12H,3,8-10H2,1-2H3,(H,16,17)(H,18,19). The summed E-state index contributed by atoms with van der Waals surface area (Å²) in [5.41, 5.74) is 1.16. The molecule has 0 heterocycles. The van der Waals surface area contributed by atoms with Crippen LogP contribution < -0.4 is 5.32 Å². The minimum Gasteiger partial charge on any atom is -0.481 e. The van der Waals surface area contributed by atoms with Gasteiger partial charge >= 0.3 is 5.97 Å². The fourth-order valence-electron chi connectivity index (χ4n) is 1.78. The van der Waals surface area contributed by atoms with E-state index in [1.807, 2.05) is 38.1 Å². The second kappa shape index (κ2) is 8.64. The minimum atomic E-state index is -0.819. The quantitative estimate of drug-likeness (QED) is 0.724. The molecule has 0 spiro atoms. The number of nitrogens with one attached hydrogen (secondary N) is 1. The Labute approximate surface area is 124 Å². The molecule has 0 saturated carbocycles. The van der Waals surface area contributed by atoms with Gasteiger partial charge in [0.05, 0.1) is 5.75 Å². The summed E-state index contributed by atoms with van der Waals surface area (Å²) in [6.45, 7) is 4.37. The Morgan fingerprint density at radius 3 is 2.65 bits per heavy atom. The van der Waals surface area contributed by atoms with Crippen molar-refractivity contribution >= 4 is 23.6 Å². The van der Waals surface area contributed by atoms with Gasteiger partial charge in [-0.1, -0.05) is 31.5 Å². The predicted octanol–water partition coefficient (Wildman–Crippen LogP) is 2.70. The summed E-state index contributed by atoms with van der Waals surface area (Å²) in [5, 5.41) is 11.6. The van der Waals surface area contributed by atoms with Crippen molar-refractivity contribution in [2.45, 2.75) is 31.6 Å². The SMILES string of the molecule is CCC(CNC(=O)CSc1ccccc1C)CC(=O)O. The number of aliphatic carboxylic acids is 1. The Morgan fingerprint density at radius 1 is 1.35 bits per heavy atom. The second-order valence-electron chi connectivity index (χ2n) is 4.73. The van der Waals surface area contributed by atoms with Gasteiger partial charge in [-0.25, -0.2) is 0 Å². The number of rotatable bonds is 8. The Bertz CT molecular complexity index is 462. The van der Waals surface area contributed by atoms with Gasteiger partial charge in [-0.05, 0) is 24.5 Å². The molecule has 1 rings (SSSR count). The number of carboxylic acid groups (broad SMARTS) is 1. The van der Waals surface area contributed by atoms with Gasteiger partial charge in [0.1, 0.15) is 0 Å². The van der Waals surface area contributed by atoms with E-state index < -0.39 is 5.97 Å². The zero-order valence-electron chi connectivity index (χ0n) is 11.9. The Kier molecular flexibility index (Phi) is 7.15. The van der Waals surface area contributed by atoms with Crippen molar-refractivity contribution in [3.05, 3.63) is 29.8 Å². The van der Waals surface area contributed by atoms with Gasteiger partial charge in [-0.3, -0.25) is 9.59 Å². The zero-order chi connectivity index (χ0) is 15.0. The fourth-order valence-corrected chi connectivity index (χ4v) is 2.64. The maximum atomic E-state index is 11.8. The van der Waals surface area contributed by atoms with Gasteiger partial charge < -0.3 is 10.4 Å². The van der Waals surface area contributed by atoms with Crippen molar-refractivity contribution in [1.29, 1.82) is 0 Å². The molecule has 0 fully saturated rings. The summed E-state index contributed by atoms with van der Waals surface area (Å²) in [6.07, 6.45) is 0.846. The molecule has 1 atom stereocenters. The molecular weight excluding hydrogens is 274 g/mol. The highest BCUT2D eigenvalue weighted by Crippen LogP contribution is 2.21. The molecule has 110 valence electrons. The highest BCUT2D eigenvalue weighted by Gasteiger charge is 2.12. The van der Waals surface area contributed by atoms with Crippen LogP contribution in [0.1, 0.15) is 25.3 Å². The third-order valence-corrected chi connectivity index (χ3v) is 4.26. The number of aryl methyl sites for hydroxylation is 1. The van der Waals surface area contributed by atoms with Crippen molar-refractivity contribution in [1.82, 2.24) is 5.32 Å². The summed E-state index contributed by atoms with van der Waals surface area (Å²) < 4.78 is 0. The molecule has 0 aromatic heterocycles. The van der Waals surface area contributed by atoms with Crippen LogP contribution in [0.15, 0.2) is 29.2 Å². The number of carboxylic acids is 1. The van der Waals surface area contributed by atoms with Crippen LogP contribution in [0.5, 0.6) is 0 Å². The number of carbonyl (C=O) groups excluding carboxylic acids is 1. The number of hydrogen-bond acceptors (Lipinski definition) is 3. The topological polar surface area (TPSA) is 66.4 Å². The average molecular weight is 295 g/mol. The Hall–Kier alpha value is -1.49. The predicted molar refractivity (Wildman–Crippen MR) is 80.9 cm³/mol. The summed E-state index contributed by atoms with van der Waals surface area (Å²) in [4.78, 5) is 23.5. The minimum absolute atomic E-state index is 0.0000820. The monoisotopic (exact) mass is 295 g/mol. The molecule has 1 aromatic rings. The van der Waals surface area contributed by atoms with E-state index in [-0.39, 0.29) is 18.2 Å². The molecule has 1 unspecified atom stereocenters. The van der Waals surface area contributed by atoms with Crippen LogP contribution in [0.4, 0.5) is 0 Å². The van der Waals surface area contributed by atoms with Gasteiger partial charge in [0.15, 0.2) is 0 Å². The molecule has 0 saturated heterocycles. The van der Waals surface area contributed by atoms with Crippen molar-refractivity contribution in [3.63, 3.8) is 0 Å². The highest BCUT2D eigenvalue weighted by molar-refractivity contribution is 8.00. The molecule has 0 bridgehead atoms. The lowest BCUT2D eigenvalue weighted by Gasteiger charge is -2.13. The lowest BCUT2D eigenvalue weighted by Crippen LogP contribution is -2.31. The first-order valence-electron chi connectivity index (χ1n) is 6.69. The van der Waals surface area contributed by atoms with E-state index in [2.05, 4.69) is 5.32 Å². The smallest absolute Gasteiger partial charge is 0.303 e. The van der Waals surface area contributed by atoms with Crippen molar-refractivity contribution in [3.8, 4) is 0 Å². The molecule has 0 aliphatic rings. The summed E-state index contributed by atoms with van der Waals surface area (Å²) >= 11 is 1.50. The fraction of sp³-hybridized carbons (Fsp3) is 0.467. The first-order valence-corrected chi connectivity index (χ1v) is 7.68. The van der Waals surface area contributed by atoms with Crippen LogP contribution in [-0.4, -0.2) is 29.3 Å². The number of benzene rings is 1. The third-order valence-electron chi connectivity index (χ3n) is 3.08. The van der Waals surface area contributed by atoms with Crippen LogP contribution in [0.2, 0.25) is 0 Å². The van der Waals surface area contributed by atoms with E-state index in [1.165, 1.54) is 11.8 Å². The number of carbonyl (C=O) groups is 2. The maximum Gasteiger partial charge on any atom is 0.303 e. The molecule has 4 nitrogen and oxygen atoms in total. The van der Waals surface area contributed by atoms with Crippen molar-refractivity contribution < 1.29 is 14.7 Å². The van der Waals surface area contributed by atoms with E-state index in [0.29, 0.717) is 12.3 Å². The first-order chi connectivity index (χ1) is 9.52. The van der Waals surface area contributed by atoms with Crippen molar-refractivity contribution in [2.75, 3.05) is 12.3 Å². The molecule has 5 heteroatoms. The van der Waals surface area contributed by atoms with Gasteiger partial charge in [0.25, 0.3) is 0 Å². The van der Waals surface area contributed by atoms with Crippen LogP contribution in [0.25, 0.3) is 0 Å². The van der Waals surface area contributed by atoms with Crippen LogP contribution in [0.3, 0.4) is 0 Å². The summed E-state index contributed by atoms with van der Waals surface area (Å²) in [7, 11) is 0. The van der Waals surface area contributed by atoms with E-state index in [1.54, 1.807) is 0 Å². The van der Waals surface area contributed by atoms with E-state index in [0.717, 1.165) is 16.9 Å². The summed E-state index contributed by atoms with van der Waals surface area (Å²) in [6, 6.07) is 7.93. The average Bonchev–Trinajstić information content (AvgIpc) is 2.42. The van der Waals surface area contributed by atoms with Gasteiger partial charge in [0.2, 0.25) is 5.91 Å². The molecule has 0 radical (unpaired) electrons. The molecule has 0 aliphatic heterocycles. The molecule has 1 aromatic carbocycles. The summed E-state index contributed by atoms with van der Waals surface area (Å²) in [5.74, 6) is -0.517. The van der Waals surface area contributed by atoms with Crippen LogP contribution in [-0.2, 0) is 9.59 Å². The number of thioether (sulfide) groups is 1. The molecule has 0 aliphatic carbocycles. The molecular formula is C15H21NO3S. The molecule has 2 N–H and O–H groups in total. The Balaban J connectivity index is 2.33. The zero-order valence-corrected chi connectivity index (χ0v) is 12.7. The normalized spacial score (nSPS) is 11.9. The largest absolute Gasteiger partial charge is 0.481 e. The molecule has 20 heavy (non-hydrogen) atoms. The Morgan fingerprint density at radius 2 is 2.05 bits per heavy atom. The lowest BCUT2D eigenvalue weighted by atomic mass is 10.0. The number of hydrogen-bond donors (Lipinski definition) is 2. The van der Waals surface area contributed by atoms with Gasteiger partial charge in [-0.15, -0.1) is 11.8 Å². The highest BCUT2D eigenvalue weighted by atomic mass is 32.2. The second-order valence-corrected chi connectivity index (χ2v) is 5.75. The number of amides is 1. The van der Waals surface area contributed by atoms with Crippen LogP contribution in [0, 0.1) is 12.8 Å². The lowest BCUT2D eigenvalue weighted by molar-refractivity contribution is -0.138. The van der Waals surface area contributed by atoms with E-state index >= 15 is 0 Å². The first kappa shape index (κ1) is 16.6. The maximum absolute atomic E-state index is 11.8. The van der Waals surface area contributed by atoms with E-state index in [9.17, 15) is 9.59 Å². The van der Waals surface area contributed by atoms with Gasteiger partial charge in [-0.2, -0.15) is 0 Å². The van der Waals surface area contributed by atoms with E-state index in [4.69, 9.17) is 5.11 Å². The third kappa shape index (κ3) is 6.10. The molecule has 1 amide bonds. The van der Waals surface area contributed by atoms with Crippen LogP contribution >= 0.6 is 11.8 Å². The van der Waals surface area contributed by atoms with Gasteiger partial charge in [0, 0.05) is 17.9 Å².